The molecule has 0 aromatic heterocycles. The Kier molecular flexibility index (Phi) is 7.28. The van der Waals surface area contributed by atoms with Crippen LogP contribution >= 0.6 is 0 Å². The lowest BCUT2D eigenvalue weighted by atomic mass is 10.0. The van der Waals surface area contributed by atoms with Gasteiger partial charge in [-0.2, -0.15) is 0 Å². The van der Waals surface area contributed by atoms with E-state index in [-0.39, 0.29) is 12.0 Å². The van der Waals surface area contributed by atoms with Gasteiger partial charge < -0.3 is 15.4 Å². The molecule has 1 aliphatic rings. The molecule has 18 heavy (non-hydrogen) atoms. The smallest absolute Gasteiger partial charge is 0.221 e. The fourth-order valence-electron chi connectivity index (χ4n) is 2.40. The third-order valence-corrected chi connectivity index (χ3v) is 3.47. The number of hydrogen-bond donors (Lipinski definition) is 2. The molecule has 2 unspecified atom stereocenters. The van der Waals surface area contributed by atoms with Gasteiger partial charge in [0, 0.05) is 25.6 Å². The van der Waals surface area contributed by atoms with E-state index in [9.17, 15) is 4.79 Å². The molecule has 4 nitrogen and oxygen atoms in total. The average molecular weight is 256 g/mol. The normalized spacial score (nSPS) is 21.2. The van der Waals surface area contributed by atoms with Gasteiger partial charge in [0.05, 0.1) is 6.10 Å². The summed E-state index contributed by atoms with van der Waals surface area (Å²) in [4.78, 5) is 11.7. The molecule has 4 heteroatoms. The van der Waals surface area contributed by atoms with Gasteiger partial charge >= 0.3 is 0 Å². The highest BCUT2D eigenvalue weighted by Gasteiger charge is 2.18. The zero-order chi connectivity index (χ0) is 13.4. The summed E-state index contributed by atoms with van der Waals surface area (Å²) in [6.45, 7) is 8.84. The van der Waals surface area contributed by atoms with Crippen LogP contribution in [0.25, 0.3) is 0 Å². The van der Waals surface area contributed by atoms with Crippen LogP contribution in [0.15, 0.2) is 0 Å². The zero-order valence-electron chi connectivity index (χ0n) is 12.0. The standard InChI is InChI=1S/C14H28N2O2/c1-4-18-13(11(2)3)7-9-16-14(17)10-12-6-5-8-15-12/h11-13,15H,4-10H2,1-3H3,(H,16,17). The second-order valence-electron chi connectivity index (χ2n) is 5.37. The van der Waals surface area contributed by atoms with Gasteiger partial charge in [-0.25, -0.2) is 0 Å². The summed E-state index contributed by atoms with van der Waals surface area (Å²) in [7, 11) is 0. The van der Waals surface area contributed by atoms with E-state index in [4.69, 9.17) is 4.74 Å². The molecule has 0 bridgehead atoms. The Morgan fingerprint density at radius 3 is 2.83 bits per heavy atom. The molecule has 1 rings (SSSR count). The maximum Gasteiger partial charge on any atom is 0.221 e. The van der Waals surface area contributed by atoms with Crippen LogP contribution in [-0.2, 0) is 9.53 Å². The summed E-state index contributed by atoms with van der Waals surface area (Å²) in [5.74, 6) is 0.659. The number of nitrogens with one attached hydrogen (secondary N) is 2. The van der Waals surface area contributed by atoms with Crippen LogP contribution in [0.4, 0.5) is 0 Å². The van der Waals surface area contributed by atoms with Crippen molar-refractivity contribution in [3.05, 3.63) is 0 Å². The molecule has 0 aromatic carbocycles. The van der Waals surface area contributed by atoms with Gasteiger partial charge in [0.15, 0.2) is 0 Å². The molecule has 0 saturated carbocycles. The molecule has 1 amide bonds. The third-order valence-electron chi connectivity index (χ3n) is 3.47. The van der Waals surface area contributed by atoms with Crippen molar-refractivity contribution >= 4 is 5.91 Å². The molecule has 0 radical (unpaired) electrons. The van der Waals surface area contributed by atoms with Crippen molar-refractivity contribution in [1.82, 2.24) is 10.6 Å². The molecule has 1 aliphatic heterocycles. The van der Waals surface area contributed by atoms with Crippen molar-refractivity contribution in [2.45, 2.75) is 58.6 Å². The van der Waals surface area contributed by atoms with Crippen molar-refractivity contribution in [3.63, 3.8) is 0 Å². The van der Waals surface area contributed by atoms with Crippen LogP contribution in [0, 0.1) is 5.92 Å². The van der Waals surface area contributed by atoms with Gasteiger partial charge in [-0.3, -0.25) is 4.79 Å². The van der Waals surface area contributed by atoms with E-state index in [0.29, 0.717) is 24.9 Å². The lowest BCUT2D eigenvalue weighted by Crippen LogP contribution is -2.34. The number of carbonyl (C=O) groups is 1. The largest absolute Gasteiger partial charge is 0.378 e. The van der Waals surface area contributed by atoms with E-state index < -0.39 is 0 Å². The van der Waals surface area contributed by atoms with Crippen molar-refractivity contribution in [3.8, 4) is 0 Å². The van der Waals surface area contributed by atoms with Gasteiger partial charge in [0.25, 0.3) is 0 Å². The second-order valence-corrected chi connectivity index (χ2v) is 5.37. The van der Waals surface area contributed by atoms with E-state index in [1.165, 1.54) is 6.42 Å². The van der Waals surface area contributed by atoms with Crippen LogP contribution in [0.5, 0.6) is 0 Å². The fourth-order valence-corrected chi connectivity index (χ4v) is 2.40. The molecule has 0 spiro atoms. The monoisotopic (exact) mass is 256 g/mol. The number of hydrogen-bond acceptors (Lipinski definition) is 3. The predicted molar refractivity (Wildman–Crippen MR) is 73.5 cm³/mol. The summed E-state index contributed by atoms with van der Waals surface area (Å²) in [6, 6.07) is 0.387. The van der Waals surface area contributed by atoms with Crippen molar-refractivity contribution in [2.24, 2.45) is 5.92 Å². The van der Waals surface area contributed by atoms with E-state index in [1.54, 1.807) is 0 Å². The predicted octanol–water partition coefficient (Wildman–Crippen LogP) is 1.70. The van der Waals surface area contributed by atoms with Crippen molar-refractivity contribution < 1.29 is 9.53 Å². The maximum atomic E-state index is 11.7. The molecule has 0 aromatic rings. The first-order chi connectivity index (χ1) is 8.63. The van der Waals surface area contributed by atoms with E-state index >= 15 is 0 Å². The first kappa shape index (κ1) is 15.4. The van der Waals surface area contributed by atoms with E-state index in [0.717, 1.165) is 26.0 Å². The third kappa shape index (κ3) is 5.83. The molecule has 0 aliphatic carbocycles. The lowest BCUT2D eigenvalue weighted by Gasteiger charge is -2.21. The van der Waals surface area contributed by atoms with Crippen LogP contribution in [-0.4, -0.2) is 37.7 Å². The highest BCUT2D eigenvalue weighted by atomic mass is 16.5. The van der Waals surface area contributed by atoms with Crippen LogP contribution in [0.2, 0.25) is 0 Å². The van der Waals surface area contributed by atoms with Gasteiger partial charge in [0.1, 0.15) is 0 Å². The maximum absolute atomic E-state index is 11.7. The molecular weight excluding hydrogens is 228 g/mol. The molecule has 2 atom stereocenters. The Hall–Kier alpha value is -0.610. The van der Waals surface area contributed by atoms with Crippen LogP contribution in [0.3, 0.4) is 0 Å². The summed E-state index contributed by atoms with van der Waals surface area (Å²) in [5.41, 5.74) is 0. The summed E-state index contributed by atoms with van der Waals surface area (Å²) < 4.78 is 5.66. The van der Waals surface area contributed by atoms with Gasteiger partial charge in [-0.15, -0.1) is 0 Å². The van der Waals surface area contributed by atoms with Crippen molar-refractivity contribution in [1.29, 1.82) is 0 Å². The SMILES string of the molecule is CCOC(CCNC(=O)CC1CCCN1)C(C)C. The quantitative estimate of drug-likeness (QED) is 0.695. The highest BCUT2D eigenvalue weighted by molar-refractivity contribution is 5.76. The zero-order valence-corrected chi connectivity index (χ0v) is 12.0. The minimum atomic E-state index is 0.161. The molecule has 1 fully saturated rings. The first-order valence-electron chi connectivity index (χ1n) is 7.25. The van der Waals surface area contributed by atoms with E-state index in [2.05, 4.69) is 24.5 Å². The number of ether oxygens (including phenoxy) is 1. The number of carbonyl (C=O) groups excluding carboxylic acids is 1. The summed E-state index contributed by atoms with van der Waals surface area (Å²) in [5, 5.41) is 6.33. The van der Waals surface area contributed by atoms with Gasteiger partial charge in [-0.05, 0) is 38.6 Å². The van der Waals surface area contributed by atoms with Crippen molar-refractivity contribution in [2.75, 3.05) is 19.7 Å². The highest BCUT2D eigenvalue weighted by Crippen LogP contribution is 2.11. The Morgan fingerprint density at radius 2 is 2.28 bits per heavy atom. The first-order valence-corrected chi connectivity index (χ1v) is 7.25. The Labute approximate surface area is 111 Å². The Bertz CT molecular complexity index is 238. The minimum Gasteiger partial charge on any atom is -0.378 e. The average Bonchev–Trinajstić information content (AvgIpc) is 2.80. The molecule has 2 N–H and O–H groups in total. The molecule has 106 valence electrons. The molecular formula is C14H28N2O2. The summed E-state index contributed by atoms with van der Waals surface area (Å²) in [6.07, 6.45) is 4.08. The molecule has 1 saturated heterocycles. The van der Waals surface area contributed by atoms with E-state index in [1.807, 2.05) is 6.92 Å². The second kappa shape index (κ2) is 8.48. The van der Waals surface area contributed by atoms with Gasteiger partial charge in [-0.1, -0.05) is 13.8 Å². The minimum absolute atomic E-state index is 0.161. The Morgan fingerprint density at radius 1 is 1.50 bits per heavy atom. The van der Waals surface area contributed by atoms with Crippen LogP contribution in [0.1, 0.15) is 46.5 Å². The van der Waals surface area contributed by atoms with Crippen LogP contribution < -0.4 is 10.6 Å². The lowest BCUT2D eigenvalue weighted by molar-refractivity contribution is -0.121. The Balaban J connectivity index is 2.13. The molecule has 1 heterocycles. The topological polar surface area (TPSA) is 50.4 Å². The van der Waals surface area contributed by atoms with Gasteiger partial charge in [0.2, 0.25) is 5.91 Å². The number of amides is 1. The summed E-state index contributed by atoms with van der Waals surface area (Å²) >= 11 is 0. The fraction of sp³-hybridized carbons (Fsp3) is 0.929. The number of rotatable bonds is 8.